The van der Waals surface area contributed by atoms with Gasteiger partial charge in [-0.05, 0) is 88.3 Å². The molecule has 0 saturated carbocycles. The molecule has 0 spiro atoms. The number of nitrogens with two attached hydrogens (primary N) is 5. The lowest BCUT2D eigenvalue weighted by molar-refractivity contribution is -0.143. The van der Waals surface area contributed by atoms with Crippen LogP contribution in [0.1, 0.15) is 84.1 Å². The van der Waals surface area contributed by atoms with Gasteiger partial charge in [0.2, 0.25) is 53.2 Å². The first-order valence-corrected chi connectivity index (χ1v) is 25.5. The van der Waals surface area contributed by atoms with Gasteiger partial charge >= 0.3 is 5.97 Å². The van der Waals surface area contributed by atoms with E-state index in [2.05, 4.69) is 42.2 Å². The van der Waals surface area contributed by atoms with Crippen LogP contribution in [-0.2, 0) is 54.4 Å². The summed E-state index contributed by atoms with van der Waals surface area (Å²) in [4.78, 5) is 138. The fraction of sp³-hybridized carbons (Fsp3) is 0.630. The first-order valence-electron chi connectivity index (χ1n) is 24.1. The van der Waals surface area contributed by atoms with E-state index in [0.717, 1.165) is 0 Å². The molecule has 408 valence electrons. The van der Waals surface area contributed by atoms with E-state index in [9.17, 15) is 58.2 Å². The molecule has 0 aromatic heterocycles. The van der Waals surface area contributed by atoms with E-state index in [4.69, 9.17) is 28.7 Å². The first-order chi connectivity index (χ1) is 34.5. The molecule has 2 rings (SSSR count). The molecule has 73 heavy (non-hydrogen) atoms. The van der Waals surface area contributed by atoms with Gasteiger partial charge in [0.15, 0.2) is 5.96 Å². The van der Waals surface area contributed by atoms with Crippen molar-refractivity contribution >= 4 is 76.9 Å². The van der Waals surface area contributed by atoms with Crippen LogP contribution in [0.25, 0.3) is 0 Å². The second kappa shape index (κ2) is 32.5. The van der Waals surface area contributed by atoms with Crippen molar-refractivity contribution in [2.24, 2.45) is 39.6 Å². The number of nitrogens with one attached hydrogen (secondary N) is 7. The highest BCUT2D eigenvalue weighted by Gasteiger charge is 2.38. The maximum Gasteiger partial charge on any atom is 0.326 e. The van der Waals surface area contributed by atoms with Gasteiger partial charge < -0.3 is 81.0 Å². The predicted octanol–water partition coefficient (Wildman–Crippen LogP) is -4.50. The first kappa shape index (κ1) is 62.5. The Bertz CT molecular complexity index is 2060. The SMILES string of the molecule is CSCC[C@H](N)C(=O)N1CCC[C@H]1C(=O)N[C@@H](C)C(=O)N[C@@H](CCCN=C(N)N)C(=O)N[C@@H](CC(N)=O)C(=O)N[C@@H](CO)C(=O)N[C@@H](CCCCN)C(=O)N[C@@H](Cc1ccccc1)C(=O)N[C@H](C(=O)O)C(C)C. The smallest absolute Gasteiger partial charge is 0.326 e. The van der Waals surface area contributed by atoms with Crippen molar-refractivity contribution in [2.75, 3.05) is 38.2 Å². The molecule has 0 unspecified atom stereocenters. The summed E-state index contributed by atoms with van der Waals surface area (Å²) in [6, 6.07) is -3.44. The third-order valence-corrected chi connectivity index (χ3v) is 12.3. The average Bonchev–Trinajstić information content (AvgIpc) is 3.84. The van der Waals surface area contributed by atoms with Crippen molar-refractivity contribution in [2.45, 2.75) is 139 Å². The van der Waals surface area contributed by atoms with Crippen LogP contribution in [0.2, 0.25) is 0 Å². The topological polar surface area (TPSA) is 441 Å². The summed E-state index contributed by atoms with van der Waals surface area (Å²) >= 11 is 1.52. The van der Waals surface area contributed by atoms with Gasteiger partial charge in [0, 0.05) is 19.5 Å². The van der Waals surface area contributed by atoms with E-state index in [1.54, 1.807) is 44.2 Å². The number of amides is 9. The molecular weight excluding hydrogens is 973 g/mol. The second-order valence-corrected chi connectivity index (χ2v) is 18.9. The highest BCUT2D eigenvalue weighted by molar-refractivity contribution is 7.98. The van der Waals surface area contributed by atoms with Crippen LogP contribution in [0.5, 0.6) is 0 Å². The zero-order valence-electron chi connectivity index (χ0n) is 41.9. The van der Waals surface area contributed by atoms with Crippen LogP contribution < -0.4 is 65.9 Å². The van der Waals surface area contributed by atoms with Gasteiger partial charge in [-0.2, -0.15) is 11.8 Å². The molecule has 26 nitrogen and oxygen atoms in total. The Labute approximate surface area is 429 Å². The molecule has 1 aliphatic rings. The summed E-state index contributed by atoms with van der Waals surface area (Å²) in [5.74, 6) is -9.30. The Morgan fingerprint density at radius 3 is 1.84 bits per heavy atom. The number of carboxylic acid groups (broad SMARTS) is 1. The number of likely N-dealkylation sites (tertiary alicyclic amines) is 1. The zero-order chi connectivity index (χ0) is 54.8. The number of primary amides is 1. The number of aliphatic carboxylic acids is 1. The third-order valence-electron chi connectivity index (χ3n) is 11.7. The van der Waals surface area contributed by atoms with Crippen LogP contribution in [-0.4, -0.2) is 173 Å². The molecule has 1 aromatic rings. The Morgan fingerprint density at radius 1 is 0.726 bits per heavy atom. The van der Waals surface area contributed by atoms with Crippen molar-refractivity contribution in [3.63, 3.8) is 0 Å². The third kappa shape index (κ3) is 22.0. The number of aliphatic imine (C=N–C) groups is 1. The van der Waals surface area contributed by atoms with Gasteiger partial charge in [-0.1, -0.05) is 44.2 Å². The monoisotopic (exact) mass is 1050 g/mol. The molecule has 1 saturated heterocycles. The fourth-order valence-corrected chi connectivity index (χ4v) is 8.10. The number of carboxylic acids is 1. The number of hydrogen-bond donors (Lipinski definition) is 14. The molecule has 9 atom stereocenters. The number of aliphatic hydroxyl groups is 1. The number of carbonyl (C=O) groups is 10. The van der Waals surface area contributed by atoms with Crippen LogP contribution in [0.15, 0.2) is 35.3 Å². The van der Waals surface area contributed by atoms with Gasteiger partial charge in [-0.25, -0.2) is 4.79 Å². The van der Waals surface area contributed by atoms with Crippen molar-refractivity contribution in [3.05, 3.63) is 35.9 Å². The number of rotatable bonds is 33. The molecule has 1 aromatic carbocycles. The summed E-state index contributed by atoms with van der Waals surface area (Å²) in [7, 11) is 0. The lowest BCUT2D eigenvalue weighted by atomic mass is 10.0. The Balaban J connectivity index is 2.31. The molecule has 0 radical (unpaired) electrons. The predicted molar refractivity (Wildman–Crippen MR) is 271 cm³/mol. The van der Waals surface area contributed by atoms with E-state index < -0.39 is 127 Å². The van der Waals surface area contributed by atoms with Gasteiger partial charge in [0.1, 0.15) is 48.3 Å². The minimum Gasteiger partial charge on any atom is -0.480 e. The molecule has 1 fully saturated rings. The van der Waals surface area contributed by atoms with Crippen molar-refractivity contribution < 1.29 is 58.2 Å². The normalized spacial score (nSPS) is 16.4. The van der Waals surface area contributed by atoms with E-state index in [1.165, 1.54) is 23.6 Å². The van der Waals surface area contributed by atoms with Crippen LogP contribution in [0, 0.1) is 5.92 Å². The summed E-state index contributed by atoms with van der Waals surface area (Å²) in [6.07, 6.45) is 2.89. The molecular formula is C46H76N14O12S. The molecule has 9 amide bonds. The molecule has 1 heterocycles. The number of benzene rings is 1. The average molecular weight is 1050 g/mol. The van der Waals surface area contributed by atoms with E-state index >= 15 is 0 Å². The second-order valence-electron chi connectivity index (χ2n) is 18.0. The van der Waals surface area contributed by atoms with Gasteiger partial charge in [0.05, 0.1) is 19.1 Å². The maximum absolute atomic E-state index is 13.9. The van der Waals surface area contributed by atoms with Crippen molar-refractivity contribution in [1.29, 1.82) is 0 Å². The minimum absolute atomic E-state index is 0.00678. The molecule has 19 N–H and O–H groups in total. The number of thioether (sulfide) groups is 1. The van der Waals surface area contributed by atoms with E-state index in [1.807, 2.05) is 6.26 Å². The highest BCUT2D eigenvalue weighted by Crippen LogP contribution is 2.20. The van der Waals surface area contributed by atoms with Gasteiger partial charge in [0.25, 0.3) is 0 Å². The lowest BCUT2D eigenvalue weighted by Gasteiger charge is -2.28. The molecule has 1 aliphatic heterocycles. The van der Waals surface area contributed by atoms with E-state index in [0.29, 0.717) is 50.0 Å². The van der Waals surface area contributed by atoms with E-state index in [-0.39, 0.29) is 50.6 Å². The Morgan fingerprint density at radius 2 is 1.27 bits per heavy atom. The summed E-state index contributed by atoms with van der Waals surface area (Å²) < 4.78 is 0. The fourth-order valence-electron chi connectivity index (χ4n) is 7.61. The number of carbonyl (C=O) groups excluding carboxylic acids is 9. The number of guanidine groups is 1. The quantitative estimate of drug-likeness (QED) is 0.0179. The molecule has 27 heteroatoms. The van der Waals surface area contributed by atoms with Gasteiger partial charge in [-0.3, -0.25) is 48.1 Å². The molecule has 0 bridgehead atoms. The highest BCUT2D eigenvalue weighted by atomic mass is 32.2. The number of nitrogens with zero attached hydrogens (tertiary/aromatic N) is 2. The lowest BCUT2D eigenvalue weighted by Crippen LogP contribution is -2.61. The van der Waals surface area contributed by atoms with Crippen molar-refractivity contribution in [3.8, 4) is 0 Å². The Kier molecular flexibility index (Phi) is 27.8. The van der Waals surface area contributed by atoms with Crippen molar-refractivity contribution in [1.82, 2.24) is 42.1 Å². The maximum atomic E-state index is 13.9. The zero-order valence-corrected chi connectivity index (χ0v) is 42.7. The summed E-state index contributed by atoms with van der Waals surface area (Å²) in [5, 5.41) is 37.3. The number of aliphatic hydroxyl groups excluding tert-OH is 1. The van der Waals surface area contributed by atoms with Gasteiger partial charge in [-0.15, -0.1) is 0 Å². The standard InChI is InChI=1S/C46H76N14O12S/c1-25(2)36(45(71)72)59-41(67)31(22-27-12-6-5-7-13-27)56-38(64)29(14-8-9-18-47)55-42(68)33(24-61)58-40(66)32(23-35(49)62)57-39(65)30(15-10-19-52-46(50)51)54-37(63)26(3)53-43(69)34-16-11-20-60(34)44(70)28(48)17-21-73-4/h5-7,12-13,25-26,28-34,36,61H,8-11,14-24,47-48H2,1-4H3,(H2,49,62)(H,53,69)(H,54,63)(H,55,68)(H,56,64)(H,57,65)(H,58,66)(H,59,67)(H,71,72)(H4,50,51,52)/t26-,28-,29-,30-,31-,32-,33-,34-,36-/m0/s1. The largest absolute Gasteiger partial charge is 0.480 e. The number of unbranched alkanes of at least 4 members (excludes halogenated alkanes) is 1. The Hall–Kier alpha value is -6.58. The number of hydrogen-bond acceptors (Lipinski definition) is 15. The van der Waals surface area contributed by atoms with Crippen LogP contribution in [0.3, 0.4) is 0 Å². The minimum atomic E-state index is -1.80. The summed E-state index contributed by atoms with van der Waals surface area (Å²) in [6.45, 7) is 4.02. The van der Waals surface area contributed by atoms with Crippen LogP contribution in [0.4, 0.5) is 0 Å². The summed E-state index contributed by atoms with van der Waals surface area (Å²) in [5.41, 5.74) is 28.7. The molecule has 0 aliphatic carbocycles. The van der Waals surface area contributed by atoms with Crippen LogP contribution >= 0.6 is 11.8 Å².